The molecular weight excluding hydrogens is 723 g/mol. The average molecular weight is 774 g/mol. The highest BCUT2D eigenvalue weighted by molar-refractivity contribution is 7.91. The van der Waals surface area contributed by atoms with Crippen molar-refractivity contribution >= 4 is 44.6 Å². The normalized spacial score (nSPS) is 23.4. The molecule has 1 saturated heterocycles. The molecule has 3 fully saturated rings. The fraction of sp³-hybridized carbons (Fsp3) is 0.488. The van der Waals surface area contributed by atoms with E-state index in [0.717, 1.165) is 27.7 Å². The number of fused-ring (bicyclic) bond motifs is 1. The van der Waals surface area contributed by atoms with Crippen LogP contribution in [0, 0.1) is 11.8 Å². The third-order valence-electron chi connectivity index (χ3n) is 10.4. The molecule has 3 aromatic rings. The fourth-order valence-electron chi connectivity index (χ4n) is 7.39. The first-order valence-corrected chi connectivity index (χ1v) is 20.5. The number of alkyl carbamates (subject to hydrolysis) is 1. The van der Waals surface area contributed by atoms with Crippen molar-refractivity contribution in [1.29, 1.82) is 0 Å². The lowest BCUT2D eigenvalue weighted by molar-refractivity contribution is -0.143. The van der Waals surface area contributed by atoms with Gasteiger partial charge in [-0.15, -0.1) is 6.58 Å². The summed E-state index contributed by atoms with van der Waals surface area (Å²) < 4.78 is 39.0. The molecule has 1 aliphatic heterocycles. The highest BCUT2D eigenvalue weighted by Gasteiger charge is 2.62. The minimum Gasteiger partial charge on any atom is -0.444 e. The molecule has 2 heterocycles. The van der Waals surface area contributed by atoms with Gasteiger partial charge in [-0.25, -0.2) is 13.2 Å². The zero-order chi connectivity index (χ0) is 39.7. The van der Waals surface area contributed by atoms with Crippen molar-refractivity contribution in [3.8, 4) is 11.3 Å². The van der Waals surface area contributed by atoms with Crippen LogP contribution in [0.1, 0.15) is 66.0 Å². The zero-order valence-corrected chi connectivity index (χ0v) is 32.9. The SMILES string of the molecule is C=C[C@@H]1C[C@]1(NC(=O)[C@@H]1CC(Cc2nc(-c3ccccc3)cc3ccccc23)CN1C(=O)[C@@H](NC(=O)OC(C)(C)C)[C@H](C)OCC)C(=O)NS(=O)(=O)C1CC1. The van der Waals surface area contributed by atoms with Gasteiger partial charge in [-0.05, 0) is 84.1 Å². The number of nitrogens with zero attached hydrogens (tertiary/aromatic N) is 2. The predicted octanol–water partition coefficient (Wildman–Crippen LogP) is 4.65. The molecule has 294 valence electrons. The number of hydrogen-bond donors (Lipinski definition) is 3. The van der Waals surface area contributed by atoms with E-state index in [1.54, 1.807) is 34.6 Å². The Kier molecular flexibility index (Phi) is 11.4. The Morgan fingerprint density at radius 1 is 1.07 bits per heavy atom. The fourth-order valence-corrected chi connectivity index (χ4v) is 8.75. The summed E-state index contributed by atoms with van der Waals surface area (Å²) in [7, 11) is -3.90. The van der Waals surface area contributed by atoms with E-state index in [2.05, 4.69) is 21.9 Å². The number of sulfonamides is 1. The Bertz CT molecular complexity index is 2070. The van der Waals surface area contributed by atoms with Gasteiger partial charge in [0, 0.05) is 35.7 Å². The van der Waals surface area contributed by atoms with Crippen molar-refractivity contribution < 1.29 is 37.1 Å². The van der Waals surface area contributed by atoms with Gasteiger partial charge in [0.05, 0.1) is 17.0 Å². The number of carbonyl (C=O) groups excluding carboxylic acids is 4. The van der Waals surface area contributed by atoms with Crippen LogP contribution in [0.25, 0.3) is 22.0 Å². The first kappa shape index (κ1) is 39.9. The third kappa shape index (κ3) is 9.02. The van der Waals surface area contributed by atoms with E-state index in [4.69, 9.17) is 14.5 Å². The van der Waals surface area contributed by atoms with Crippen molar-refractivity contribution in [1.82, 2.24) is 25.2 Å². The first-order valence-electron chi connectivity index (χ1n) is 18.9. The molecule has 6 rings (SSSR count). The smallest absolute Gasteiger partial charge is 0.408 e. The van der Waals surface area contributed by atoms with Crippen LogP contribution in [-0.4, -0.2) is 89.8 Å². The van der Waals surface area contributed by atoms with Gasteiger partial charge in [0.15, 0.2) is 0 Å². The van der Waals surface area contributed by atoms with Gasteiger partial charge >= 0.3 is 6.09 Å². The second kappa shape index (κ2) is 15.7. The van der Waals surface area contributed by atoms with Gasteiger partial charge in [0.1, 0.15) is 23.2 Å². The number of carbonyl (C=O) groups is 4. The molecule has 13 nitrogen and oxygen atoms in total. The van der Waals surface area contributed by atoms with Crippen LogP contribution in [-0.2, 0) is 40.3 Å². The second-order valence-electron chi connectivity index (χ2n) is 15.8. The number of ether oxygens (including phenoxy) is 2. The number of hydrogen-bond acceptors (Lipinski definition) is 9. The maximum atomic E-state index is 14.6. The highest BCUT2D eigenvalue weighted by atomic mass is 32.2. The quantitative estimate of drug-likeness (QED) is 0.197. The molecule has 2 aliphatic carbocycles. The van der Waals surface area contributed by atoms with Crippen LogP contribution >= 0.6 is 0 Å². The van der Waals surface area contributed by atoms with E-state index in [1.807, 2.05) is 60.7 Å². The molecule has 0 spiro atoms. The Hall–Kier alpha value is -4.82. The Morgan fingerprint density at radius 2 is 1.76 bits per heavy atom. The lowest BCUT2D eigenvalue weighted by Gasteiger charge is -2.32. The molecular formula is C41H51N5O8S. The molecule has 3 aliphatic rings. The zero-order valence-electron chi connectivity index (χ0n) is 32.0. The molecule has 14 heteroatoms. The lowest BCUT2D eigenvalue weighted by atomic mass is 9.95. The van der Waals surface area contributed by atoms with Crippen molar-refractivity contribution in [2.75, 3.05) is 13.2 Å². The predicted molar refractivity (Wildman–Crippen MR) is 208 cm³/mol. The first-order chi connectivity index (χ1) is 26.0. The standard InChI is InChI=1S/C41H51N5O8S/c1-7-29-23-41(29,38(49)45-55(51,52)30-18-19-30)44-36(47)34-21-26(24-46(34)37(48)35(25(3)53-8-2)43-39(50)54-40(4,5)6)20-33-31-17-13-12-16-28(31)22-32(42-33)27-14-10-9-11-15-27/h7,9-17,22,25-26,29-30,34-35H,1,8,18-21,23-24H2,2-6H3,(H,43,50)(H,44,47)(H,45,49)/t25-,26?,29+,34-,35-,41+/m0/s1. The van der Waals surface area contributed by atoms with Crippen LogP contribution < -0.4 is 15.4 Å². The van der Waals surface area contributed by atoms with Gasteiger partial charge in [0.2, 0.25) is 21.8 Å². The average Bonchev–Trinajstić information content (AvgIpc) is 4.07. The molecule has 4 amide bonds. The summed E-state index contributed by atoms with van der Waals surface area (Å²) in [6.07, 6.45) is 1.62. The van der Waals surface area contributed by atoms with Crippen LogP contribution in [0.2, 0.25) is 0 Å². The molecule has 55 heavy (non-hydrogen) atoms. The van der Waals surface area contributed by atoms with Crippen LogP contribution in [0.3, 0.4) is 0 Å². The van der Waals surface area contributed by atoms with Crippen molar-refractivity contribution in [2.45, 2.75) is 101 Å². The Labute approximate surface area is 322 Å². The third-order valence-corrected chi connectivity index (χ3v) is 12.2. The van der Waals surface area contributed by atoms with E-state index in [9.17, 15) is 27.6 Å². The number of rotatable bonds is 14. The summed E-state index contributed by atoms with van der Waals surface area (Å²) in [5.41, 5.74) is 0.161. The van der Waals surface area contributed by atoms with E-state index < -0.39 is 74.3 Å². The monoisotopic (exact) mass is 773 g/mol. The maximum absolute atomic E-state index is 14.6. The summed E-state index contributed by atoms with van der Waals surface area (Å²) in [6, 6.07) is 17.5. The van der Waals surface area contributed by atoms with Crippen molar-refractivity contribution in [3.05, 3.63) is 79.0 Å². The number of pyridine rings is 1. The maximum Gasteiger partial charge on any atom is 0.408 e. The Morgan fingerprint density at radius 3 is 2.40 bits per heavy atom. The van der Waals surface area contributed by atoms with Gasteiger partial charge < -0.3 is 25.0 Å². The summed E-state index contributed by atoms with van der Waals surface area (Å²) in [5, 5.41) is 6.83. The van der Waals surface area contributed by atoms with E-state index in [1.165, 1.54) is 11.0 Å². The molecule has 1 unspecified atom stereocenters. The van der Waals surface area contributed by atoms with Crippen molar-refractivity contribution in [2.24, 2.45) is 11.8 Å². The number of aromatic nitrogens is 1. The molecule has 2 saturated carbocycles. The summed E-state index contributed by atoms with van der Waals surface area (Å²) in [6.45, 7) is 12.8. The topological polar surface area (TPSA) is 173 Å². The highest BCUT2D eigenvalue weighted by Crippen LogP contribution is 2.45. The largest absolute Gasteiger partial charge is 0.444 e. The molecule has 0 bridgehead atoms. The van der Waals surface area contributed by atoms with Gasteiger partial charge in [-0.2, -0.15) is 0 Å². The summed E-state index contributed by atoms with van der Waals surface area (Å²) in [4.78, 5) is 62.2. The number of likely N-dealkylation sites (tertiary alicyclic amines) is 1. The molecule has 6 atom stereocenters. The van der Waals surface area contributed by atoms with Gasteiger partial charge in [0.25, 0.3) is 5.91 Å². The number of benzene rings is 2. The minimum atomic E-state index is -3.90. The molecule has 0 radical (unpaired) electrons. The lowest BCUT2D eigenvalue weighted by Crippen LogP contribution is -2.60. The molecule has 1 aromatic heterocycles. The van der Waals surface area contributed by atoms with Crippen LogP contribution in [0.5, 0.6) is 0 Å². The van der Waals surface area contributed by atoms with E-state index >= 15 is 0 Å². The Balaban J connectivity index is 1.33. The van der Waals surface area contributed by atoms with Crippen LogP contribution in [0.4, 0.5) is 4.79 Å². The molecule has 2 aromatic carbocycles. The van der Waals surface area contributed by atoms with Gasteiger partial charge in [-0.1, -0.05) is 60.7 Å². The van der Waals surface area contributed by atoms with E-state index in [0.29, 0.717) is 19.3 Å². The second-order valence-corrected chi connectivity index (χ2v) is 17.8. The van der Waals surface area contributed by atoms with E-state index in [-0.39, 0.29) is 31.9 Å². The summed E-state index contributed by atoms with van der Waals surface area (Å²) in [5.74, 6) is -2.78. The number of amides is 4. The molecule has 3 N–H and O–H groups in total. The minimum absolute atomic E-state index is 0.133. The van der Waals surface area contributed by atoms with Crippen molar-refractivity contribution in [3.63, 3.8) is 0 Å². The number of nitrogens with one attached hydrogen (secondary N) is 3. The van der Waals surface area contributed by atoms with Gasteiger partial charge in [-0.3, -0.25) is 24.1 Å². The van der Waals surface area contributed by atoms with Crippen LogP contribution in [0.15, 0.2) is 73.3 Å². The summed E-state index contributed by atoms with van der Waals surface area (Å²) >= 11 is 0.